The first kappa shape index (κ1) is 25.6. The Morgan fingerprint density at radius 1 is 1.09 bits per heavy atom. The van der Waals surface area contributed by atoms with E-state index < -0.39 is 0 Å². The number of carbonyl (C=O) groups is 2. The third-order valence-electron chi connectivity index (χ3n) is 5.68. The normalized spacial score (nSPS) is 15.5. The van der Waals surface area contributed by atoms with Crippen molar-refractivity contribution in [3.05, 3.63) is 82.8 Å². The van der Waals surface area contributed by atoms with E-state index in [1.807, 2.05) is 32.2 Å². The number of nitrogens with zero attached hydrogens (tertiary/aromatic N) is 1. The number of likely N-dealkylation sites (N-methyl/N-ethyl adjacent to an activating group) is 1. The predicted molar refractivity (Wildman–Crippen MR) is 139 cm³/mol. The predicted octanol–water partition coefficient (Wildman–Crippen LogP) is 3.44. The summed E-state index contributed by atoms with van der Waals surface area (Å²) in [6.45, 7) is 3.78. The molecule has 2 N–H and O–H groups in total. The van der Waals surface area contributed by atoms with E-state index >= 15 is 0 Å². The van der Waals surface area contributed by atoms with Crippen LogP contribution in [0.15, 0.2) is 66.7 Å². The molecule has 1 amide bonds. The largest absolute Gasteiger partial charge is 0.450 e. The SMILES string of the molecule is CCOC(=O)N1CCC(NSC2=c3ccccc3=C(NC)C=CC2)CC1.O=Cc1ccccc1. The Kier molecular flexibility index (Phi) is 10.3. The number of hydrogen-bond acceptors (Lipinski definition) is 6. The van der Waals surface area contributed by atoms with Gasteiger partial charge in [0.25, 0.3) is 0 Å². The summed E-state index contributed by atoms with van der Waals surface area (Å²) >= 11 is 1.73. The molecule has 0 spiro atoms. The number of piperidine rings is 1. The third-order valence-corrected chi connectivity index (χ3v) is 6.76. The van der Waals surface area contributed by atoms with E-state index in [0.717, 1.165) is 49.9 Å². The Labute approximate surface area is 205 Å². The fourth-order valence-corrected chi connectivity index (χ4v) is 4.85. The quantitative estimate of drug-likeness (QED) is 0.489. The highest BCUT2D eigenvalue weighted by molar-refractivity contribution is 8.06. The van der Waals surface area contributed by atoms with Crippen molar-refractivity contribution in [2.75, 3.05) is 26.7 Å². The van der Waals surface area contributed by atoms with E-state index in [-0.39, 0.29) is 6.09 Å². The molecule has 6 nitrogen and oxygen atoms in total. The van der Waals surface area contributed by atoms with Gasteiger partial charge >= 0.3 is 6.09 Å². The van der Waals surface area contributed by atoms with Crippen LogP contribution in [-0.2, 0) is 4.74 Å². The van der Waals surface area contributed by atoms with Crippen molar-refractivity contribution in [1.29, 1.82) is 0 Å². The minimum Gasteiger partial charge on any atom is -0.450 e. The topological polar surface area (TPSA) is 70.7 Å². The molecule has 0 unspecified atom stereocenters. The number of amides is 1. The smallest absolute Gasteiger partial charge is 0.409 e. The van der Waals surface area contributed by atoms with Crippen LogP contribution in [0.25, 0.3) is 10.6 Å². The minimum absolute atomic E-state index is 0.189. The van der Waals surface area contributed by atoms with E-state index in [1.165, 1.54) is 15.3 Å². The monoisotopic (exact) mass is 479 g/mol. The maximum atomic E-state index is 11.8. The number of aldehydes is 1. The summed E-state index contributed by atoms with van der Waals surface area (Å²) in [5.41, 5.74) is 1.88. The Balaban J connectivity index is 0.000000343. The Morgan fingerprint density at radius 2 is 1.76 bits per heavy atom. The number of fused-ring (bicyclic) bond motifs is 1. The molecule has 0 radical (unpaired) electrons. The summed E-state index contributed by atoms with van der Waals surface area (Å²) in [6, 6.07) is 18.0. The van der Waals surface area contributed by atoms with Gasteiger partial charge in [-0.1, -0.05) is 60.7 Å². The molecule has 1 saturated heterocycles. The Bertz CT molecular complexity index is 1090. The molecule has 1 aliphatic heterocycles. The number of benzene rings is 2. The fourth-order valence-electron chi connectivity index (χ4n) is 3.84. The number of allylic oxidation sites excluding steroid dienone is 1. The molecule has 7 heteroatoms. The summed E-state index contributed by atoms with van der Waals surface area (Å²) in [4.78, 5) is 24.9. The summed E-state index contributed by atoms with van der Waals surface area (Å²) in [6.07, 6.45) is 7.82. The molecule has 1 fully saturated rings. The summed E-state index contributed by atoms with van der Waals surface area (Å²) in [5, 5.41) is 5.81. The molecule has 34 heavy (non-hydrogen) atoms. The molecule has 180 valence electrons. The molecule has 4 rings (SSSR count). The van der Waals surface area contributed by atoms with Gasteiger partial charge in [-0.2, -0.15) is 0 Å². The maximum Gasteiger partial charge on any atom is 0.409 e. The second kappa shape index (κ2) is 13.6. The van der Waals surface area contributed by atoms with Crippen LogP contribution in [0.3, 0.4) is 0 Å². The van der Waals surface area contributed by atoms with Gasteiger partial charge in [0.15, 0.2) is 0 Å². The first-order valence-electron chi connectivity index (χ1n) is 11.7. The molecule has 2 aromatic rings. The zero-order valence-electron chi connectivity index (χ0n) is 19.8. The van der Waals surface area contributed by atoms with E-state index in [0.29, 0.717) is 12.6 Å². The highest BCUT2D eigenvalue weighted by Crippen LogP contribution is 2.22. The zero-order chi connectivity index (χ0) is 24.2. The van der Waals surface area contributed by atoms with Crippen LogP contribution in [0.1, 0.15) is 36.5 Å². The molecule has 2 aliphatic rings. The van der Waals surface area contributed by atoms with Crippen LogP contribution in [0.2, 0.25) is 0 Å². The molecule has 1 heterocycles. The minimum atomic E-state index is -0.189. The van der Waals surface area contributed by atoms with Crippen molar-refractivity contribution in [2.24, 2.45) is 0 Å². The van der Waals surface area contributed by atoms with E-state index in [9.17, 15) is 9.59 Å². The van der Waals surface area contributed by atoms with Crippen molar-refractivity contribution in [1.82, 2.24) is 14.9 Å². The van der Waals surface area contributed by atoms with Gasteiger partial charge in [-0.05, 0) is 49.4 Å². The second-order valence-corrected chi connectivity index (χ2v) is 8.88. The summed E-state index contributed by atoms with van der Waals surface area (Å²) in [5.74, 6) is 0. The molecule has 0 aromatic heterocycles. The zero-order valence-corrected chi connectivity index (χ0v) is 20.6. The van der Waals surface area contributed by atoms with Crippen molar-refractivity contribution in [3.8, 4) is 0 Å². The maximum absolute atomic E-state index is 11.8. The average molecular weight is 480 g/mol. The number of carbonyl (C=O) groups excluding carboxylic acids is 2. The van der Waals surface area contributed by atoms with Crippen molar-refractivity contribution >= 4 is 34.9 Å². The lowest BCUT2D eigenvalue weighted by Gasteiger charge is -2.31. The van der Waals surface area contributed by atoms with Gasteiger partial charge in [0.05, 0.1) is 6.61 Å². The van der Waals surface area contributed by atoms with E-state index in [1.54, 1.807) is 29.0 Å². The molecule has 2 aromatic carbocycles. The Hall–Kier alpha value is -3.03. The highest BCUT2D eigenvalue weighted by Gasteiger charge is 2.23. The summed E-state index contributed by atoms with van der Waals surface area (Å²) < 4.78 is 8.71. The standard InChI is InChI=1S/C20H27N3O2S.C7H6O/c1-3-25-20(24)23-13-11-15(12-14-23)22-26-19-10-6-9-18(21-2)16-7-4-5-8-17(16)19;8-6-7-4-2-1-3-5-7/h4-9,15,21-22H,3,10-14H2,1-2H3;1-6H. The van der Waals surface area contributed by atoms with E-state index in [2.05, 4.69) is 46.5 Å². The number of nitrogens with one attached hydrogen (secondary N) is 2. The lowest BCUT2D eigenvalue weighted by Crippen LogP contribution is -2.43. The molecule has 0 atom stereocenters. The van der Waals surface area contributed by atoms with Crippen molar-refractivity contribution in [2.45, 2.75) is 32.2 Å². The van der Waals surface area contributed by atoms with Gasteiger partial charge in [-0.25, -0.2) is 4.79 Å². The fraction of sp³-hybridized carbons (Fsp3) is 0.333. The van der Waals surface area contributed by atoms with Crippen LogP contribution in [0.4, 0.5) is 4.79 Å². The van der Waals surface area contributed by atoms with Crippen LogP contribution in [0.5, 0.6) is 0 Å². The second-order valence-electron chi connectivity index (χ2n) is 7.95. The average Bonchev–Trinajstić information content (AvgIpc) is 3.08. The number of ether oxygens (including phenoxy) is 1. The van der Waals surface area contributed by atoms with Crippen molar-refractivity contribution in [3.63, 3.8) is 0 Å². The van der Waals surface area contributed by atoms with Crippen molar-refractivity contribution < 1.29 is 14.3 Å². The van der Waals surface area contributed by atoms with Gasteiger partial charge < -0.3 is 15.0 Å². The van der Waals surface area contributed by atoms with E-state index in [4.69, 9.17) is 4.74 Å². The lowest BCUT2D eigenvalue weighted by atomic mass is 10.1. The van der Waals surface area contributed by atoms with Gasteiger partial charge in [-0.15, -0.1) is 0 Å². The third kappa shape index (κ3) is 7.23. The first-order valence-corrected chi connectivity index (χ1v) is 12.5. The molecule has 1 aliphatic carbocycles. The van der Waals surface area contributed by atoms with Gasteiger partial charge in [-0.3, -0.25) is 9.52 Å². The molecule has 0 saturated carbocycles. The lowest BCUT2D eigenvalue weighted by molar-refractivity contribution is 0.0967. The van der Waals surface area contributed by atoms with Gasteiger partial charge in [0, 0.05) is 47.6 Å². The molecular formula is C27H33N3O3S. The van der Waals surface area contributed by atoms with Crippen LogP contribution < -0.4 is 20.5 Å². The molecule has 0 bridgehead atoms. The highest BCUT2D eigenvalue weighted by atomic mass is 32.2. The first-order chi connectivity index (χ1) is 16.7. The van der Waals surface area contributed by atoms with Crippen LogP contribution >= 0.6 is 11.9 Å². The number of likely N-dealkylation sites (tertiary alicyclic amines) is 1. The van der Waals surface area contributed by atoms with Crippen LogP contribution in [0, 0.1) is 0 Å². The Morgan fingerprint density at radius 3 is 2.38 bits per heavy atom. The van der Waals surface area contributed by atoms with Gasteiger partial charge in [0.2, 0.25) is 0 Å². The summed E-state index contributed by atoms with van der Waals surface area (Å²) in [7, 11) is 1.96. The number of hydrogen-bond donors (Lipinski definition) is 2. The van der Waals surface area contributed by atoms with Gasteiger partial charge in [0.1, 0.15) is 6.29 Å². The number of rotatable bonds is 6. The molecular weight excluding hydrogens is 446 g/mol. The van der Waals surface area contributed by atoms with Crippen LogP contribution in [-0.4, -0.2) is 50.1 Å².